The Morgan fingerprint density at radius 2 is 0.683 bits per heavy atom. The smallest absolute Gasteiger partial charge is 0.306 e. The van der Waals surface area contributed by atoms with Gasteiger partial charge in [-0.25, -0.2) is 0 Å². The molecule has 0 N–H and O–H groups in total. The van der Waals surface area contributed by atoms with Gasteiger partial charge in [0.15, 0.2) is 6.10 Å². The second-order valence-electron chi connectivity index (χ2n) is 16.5. The highest BCUT2D eigenvalue weighted by molar-refractivity contribution is 5.71. The molecule has 1 atom stereocenters. The molecule has 0 bridgehead atoms. The second kappa shape index (κ2) is 48.5. The van der Waals surface area contributed by atoms with Crippen molar-refractivity contribution in [3.63, 3.8) is 0 Å². The first-order valence-corrected chi connectivity index (χ1v) is 25.0. The highest BCUT2D eigenvalue weighted by Crippen LogP contribution is 2.15. The number of allylic oxidation sites excluding steroid dienone is 12. The molecule has 0 rings (SSSR count). The predicted molar refractivity (Wildman–Crippen MR) is 256 cm³/mol. The van der Waals surface area contributed by atoms with Crippen LogP contribution in [0, 0.1) is 0 Å². The number of carbonyl (C=O) groups excluding carboxylic acids is 3. The van der Waals surface area contributed by atoms with E-state index in [1.165, 1.54) is 122 Å². The van der Waals surface area contributed by atoms with E-state index in [4.69, 9.17) is 14.2 Å². The molecule has 344 valence electrons. The molecule has 6 heteroatoms. The van der Waals surface area contributed by atoms with Crippen LogP contribution in [-0.2, 0) is 28.6 Å². The number of hydrogen-bond donors (Lipinski definition) is 0. The highest BCUT2D eigenvalue weighted by atomic mass is 16.6. The molecule has 0 aliphatic rings. The number of esters is 3. The monoisotopic (exact) mass is 837 g/mol. The molecule has 0 aliphatic carbocycles. The van der Waals surface area contributed by atoms with E-state index in [1.807, 2.05) is 54.7 Å². The Morgan fingerprint density at radius 3 is 1.12 bits per heavy atom. The van der Waals surface area contributed by atoms with Gasteiger partial charge in [0.1, 0.15) is 13.2 Å². The van der Waals surface area contributed by atoms with Crippen LogP contribution >= 0.6 is 0 Å². The molecule has 0 spiro atoms. The standard InChI is InChI=1S/C54H92O6/c1-4-7-10-13-16-19-22-25-26-27-30-32-35-38-41-44-47-53(56)59-50-51(60-54(57)48-45-42-39-36-33-29-24-21-18-15-12-9-6-3)49-58-52(55)46-43-40-37-34-31-28-23-20-17-14-11-8-5-2/h9,12,15,18,21,24,28-29,31,33,36,39,51H,4-8,10-11,13-14,16-17,19-20,22-23,25-27,30,32,34-35,37-38,40-50H2,1-3H3/b12-9+,18-15+,24-21+,31-28+,33-29+,39-36+. The lowest BCUT2D eigenvalue weighted by molar-refractivity contribution is -0.167. The fourth-order valence-electron chi connectivity index (χ4n) is 6.82. The average Bonchev–Trinajstić information content (AvgIpc) is 3.24. The Morgan fingerprint density at radius 1 is 0.350 bits per heavy atom. The number of unbranched alkanes of at least 4 members (excludes halogenated alkanes) is 25. The molecule has 0 amide bonds. The van der Waals surface area contributed by atoms with Crippen molar-refractivity contribution in [3.05, 3.63) is 72.9 Å². The van der Waals surface area contributed by atoms with E-state index in [0.29, 0.717) is 19.3 Å². The molecule has 0 aliphatic heterocycles. The molecule has 6 nitrogen and oxygen atoms in total. The maximum absolute atomic E-state index is 12.7. The van der Waals surface area contributed by atoms with Crippen LogP contribution in [0.2, 0.25) is 0 Å². The molecule has 0 radical (unpaired) electrons. The Hall–Kier alpha value is -3.15. The van der Waals surface area contributed by atoms with Crippen LogP contribution in [0.5, 0.6) is 0 Å². The van der Waals surface area contributed by atoms with E-state index in [1.54, 1.807) is 0 Å². The maximum atomic E-state index is 12.7. The number of rotatable bonds is 44. The van der Waals surface area contributed by atoms with Crippen molar-refractivity contribution >= 4 is 17.9 Å². The minimum Gasteiger partial charge on any atom is -0.462 e. The Bertz CT molecular complexity index is 1140. The van der Waals surface area contributed by atoms with Crippen molar-refractivity contribution in [1.82, 2.24) is 0 Å². The molecule has 0 fully saturated rings. The molecular weight excluding hydrogens is 745 g/mol. The van der Waals surface area contributed by atoms with Gasteiger partial charge < -0.3 is 14.2 Å². The van der Waals surface area contributed by atoms with Gasteiger partial charge in [-0.2, -0.15) is 0 Å². The van der Waals surface area contributed by atoms with Crippen LogP contribution in [0.25, 0.3) is 0 Å². The molecular formula is C54H92O6. The van der Waals surface area contributed by atoms with E-state index in [0.717, 1.165) is 64.2 Å². The van der Waals surface area contributed by atoms with Crippen LogP contribution in [-0.4, -0.2) is 37.2 Å². The third-order valence-corrected chi connectivity index (χ3v) is 10.6. The minimum absolute atomic E-state index is 0.107. The molecule has 0 saturated carbocycles. The van der Waals surface area contributed by atoms with Crippen molar-refractivity contribution in [3.8, 4) is 0 Å². The quantitative estimate of drug-likeness (QED) is 0.0200. The Kier molecular flexibility index (Phi) is 46.0. The SMILES string of the molecule is CC/C=C/C=C/C=C/C=C/C=C/CCCC(=O)OC(COC(=O)CCCCC/C=C/CCCCCCCC)COC(=O)CCCCCCCCCCCCCCCCCC. The lowest BCUT2D eigenvalue weighted by atomic mass is 10.0. The number of carbonyl (C=O) groups is 3. The minimum atomic E-state index is -0.815. The average molecular weight is 837 g/mol. The summed E-state index contributed by atoms with van der Waals surface area (Å²) in [5, 5.41) is 0. The van der Waals surface area contributed by atoms with E-state index >= 15 is 0 Å². The fourth-order valence-corrected chi connectivity index (χ4v) is 6.82. The summed E-state index contributed by atoms with van der Waals surface area (Å²) in [5.41, 5.74) is 0. The number of hydrogen-bond acceptors (Lipinski definition) is 6. The van der Waals surface area contributed by atoms with Gasteiger partial charge in [-0.15, -0.1) is 0 Å². The van der Waals surface area contributed by atoms with Crippen molar-refractivity contribution in [2.24, 2.45) is 0 Å². The van der Waals surface area contributed by atoms with Crippen LogP contribution in [0.3, 0.4) is 0 Å². The summed E-state index contributed by atoms with van der Waals surface area (Å²) in [5.74, 6) is -0.997. The zero-order valence-electron chi connectivity index (χ0n) is 39.2. The van der Waals surface area contributed by atoms with Gasteiger partial charge in [-0.3, -0.25) is 14.4 Å². The second-order valence-corrected chi connectivity index (χ2v) is 16.5. The first-order chi connectivity index (χ1) is 29.5. The van der Waals surface area contributed by atoms with Crippen LogP contribution < -0.4 is 0 Å². The zero-order chi connectivity index (χ0) is 43.7. The third kappa shape index (κ3) is 45.9. The summed E-state index contributed by atoms with van der Waals surface area (Å²) in [6, 6.07) is 0. The van der Waals surface area contributed by atoms with Crippen LogP contribution in [0.15, 0.2) is 72.9 Å². The summed E-state index contributed by atoms with van der Waals surface area (Å²) in [7, 11) is 0. The summed E-state index contributed by atoms with van der Waals surface area (Å²) >= 11 is 0. The summed E-state index contributed by atoms with van der Waals surface area (Å²) < 4.78 is 16.7. The summed E-state index contributed by atoms with van der Waals surface area (Å²) in [4.78, 5) is 37.9. The topological polar surface area (TPSA) is 78.9 Å². The fraction of sp³-hybridized carbons (Fsp3) is 0.722. The van der Waals surface area contributed by atoms with Crippen molar-refractivity contribution in [1.29, 1.82) is 0 Å². The molecule has 0 aromatic rings. The number of ether oxygens (including phenoxy) is 3. The molecule has 1 unspecified atom stereocenters. The lowest BCUT2D eigenvalue weighted by Gasteiger charge is -2.18. The van der Waals surface area contributed by atoms with E-state index in [2.05, 4.69) is 39.0 Å². The molecule has 0 heterocycles. The van der Waals surface area contributed by atoms with Gasteiger partial charge in [-0.1, -0.05) is 229 Å². The normalized spacial score (nSPS) is 12.7. The summed E-state index contributed by atoms with van der Waals surface area (Å²) in [6.45, 7) is 6.41. The van der Waals surface area contributed by atoms with E-state index in [-0.39, 0.29) is 37.5 Å². The van der Waals surface area contributed by atoms with Gasteiger partial charge in [0.2, 0.25) is 0 Å². The highest BCUT2D eigenvalue weighted by Gasteiger charge is 2.19. The third-order valence-electron chi connectivity index (χ3n) is 10.6. The van der Waals surface area contributed by atoms with E-state index in [9.17, 15) is 14.4 Å². The molecule has 0 aromatic heterocycles. The Labute approximate surface area is 370 Å². The zero-order valence-corrected chi connectivity index (χ0v) is 39.2. The summed E-state index contributed by atoms with van der Waals surface area (Å²) in [6.07, 6.45) is 60.4. The van der Waals surface area contributed by atoms with Gasteiger partial charge >= 0.3 is 17.9 Å². The molecule has 60 heavy (non-hydrogen) atoms. The molecule has 0 aromatic carbocycles. The molecule has 0 saturated heterocycles. The van der Waals surface area contributed by atoms with Gasteiger partial charge in [0, 0.05) is 19.3 Å². The van der Waals surface area contributed by atoms with Crippen LogP contribution in [0.1, 0.15) is 233 Å². The lowest BCUT2D eigenvalue weighted by Crippen LogP contribution is -2.30. The van der Waals surface area contributed by atoms with Crippen molar-refractivity contribution < 1.29 is 28.6 Å². The van der Waals surface area contributed by atoms with Gasteiger partial charge in [0.05, 0.1) is 0 Å². The van der Waals surface area contributed by atoms with Gasteiger partial charge in [-0.05, 0) is 57.8 Å². The Balaban J connectivity index is 4.47. The van der Waals surface area contributed by atoms with Crippen LogP contribution in [0.4, 0.5) is 0 Å². The first-order valence-electron chi connectivity index (χ1n) is 25.0. The van der Waals surface area contributed by atoms with E-state index < -0.39 is 6.10 Å². The van der Waals surface area contributed by atoms with Gasteiger partial charge in [0.25, 0.3) is 0 Å². The maximum Gasteiger partial charge on any atom is 0.306 e. The van der Waals surface area contributed by atoms with Crippen molar-refractivity contribution in [2.75, 3.05) is 13.2 Å². The largest absolute Gasteiger partial charge is 0.462 e. The first kappa shape index (κ1) is 56.9. The predicted octanol–water partition coefficient (Wildman–Crippen LogP) is 16.3. The van der Waals surface area contributed by atoms with Crippen molar-refractivity contribution in [2.45, 2.75) is 239 Å².